The van der Waals surface area contributed by atoms with E-state index in [2.05, 4.69) is 15.9 Å². The number of rotatable bonds is 2. The smallest absolute Gasteiger partial charge is 0.338 e. The van der Waals surface area contributed by atoms with E-state index in [1.54, 1.807) is 30.3 Å². The first-order valence-corrected chi connectivity index (χ1v) is 7.82. The molecule has 17 heavy (non-hydrogen) atoms. The van der Waals surface area contributed by atoms with Gasteiger partial charge in [0.1, 0.15) is 6.10 Å². The third kappa shape index (κ3) is 3.07. The number of sulfone groups is 1. The molecule has 0 aliphatic carbocycles. The summed E-state index contributed by atoms with van der Waals surface area (Å²) in [6.45, 7) is 0. The fraction of sp³-hybridized carbons (Fsp3) is 0.364. The lowest BCUT2D eigenvalue weighted by Gasteiger charge is -2.13. The normalized spacial score (nSPS) is 26.6. The molecule has 0 bridgehead atoms. The topological polar surface area (TPSA) is 60.4 Å². The quantitative estimate of drug-likeness (QED) is 0.611. The van der Waals surface area contributed by atoms with Gasteiger partial charge in [-0.3, -0.25) is 0 Å². The van der Waals surface area contributed by atoms with E-state index in [4.69, 9.17) is 4.74 Å². The van der Waals surface area contributed by atoms with Crippen LogP contribution in [0, 0.1) is 0 Å². The third-order valence-corrected chi connectivity index (χ3v) is 5.55. The highest BCUT2D eigenvalue weighted by atomic mass is 79.9. The van der Waals surface area contributed by atoms with Crippen molar-refractivity contribution in [3.05, 3.63) is 35.9 Å². The van der Waals surface area contributed by atoms with Crippen molar-refractivity contribution >= 4 is 31.7 Å². The molecule has 1 aliphatic heterocycles. The maximum atomic E-state index is 11.7. The van der Waals surface area contributed by atoms with Crippen LogP contribution < -0.4 is 0 Å². The maximum Gasteiger partial charge on any atom is 0.338 e. The molecule has 1 heterocycles. The first-order valence-electron chi connectivity index (χ1n) is 5.08. The van der Waals surface area contributed by atoms with Gasteiger partial charge in [-0.2, -0.15) is 0 Å². The molecule has 0 radical (unpaired) electrons. The molecule has 2 rings (SSSR count). The molecule has 0 aromatic heterocycles. The summed E-state index contributed by atoms with van der Waals surface area (Å²) < 4.78 is 27.9. The number of hydrogen-bond acceptors (Lipinski definition) is 4. The number of hydrogen-bond donors (Lipinski definition) is 0. The highest BCUT2D eigenvalue weighted by Gasteiger charge is 2.38. The molecule has 2 atom stereocenters. The highest BCUT2D eigenvalue weighted by molar-refractivity contribution is 9.09. The van der Waals surface area contributed by atoms with Crippen LogP contribution in [0.25, 0.3) is 0 Å². The second-order valence-electron chi connectivity index (χ2n) is 3.90. The Bertz CT molecular complexity index is 512. The molecule has 0 N–H and O–H groups in total. The Balaban J connectivity index is 2.06. The van der Waals surface area contributed by atoms with Gasteiger partial charge >= 0.3 is 5.97 Å². The molecule has 6 heteroatoms. The van der Waals surface area contributed by atoms with E-state index in [0.29, 0.717) is 5.56 Å². The van der Waals surface area contributed by atoms with Crippen LogP contribution in [0.2, 0.25) is 0 Å². The van der Waals surface area contributed by atoms with E-state index in [1.807, 2.05) is 0 Å². The van der Waals surface area contributed by atoms with Crippen molar-refractivity contribution in [2.24, 2.45) is 0 Å². The molecule has 1 fully saturated rings. The third-order valence-electron chi connectivity index (χ3n) is 2.50. The van der Waals surface area contributed by atoms with Gasteiger partial charge in [0.05, 0.1) is 21.9 Å². The standard InChI is InChI=1S/C11H11BrO4S/c12-9-6-17(14,15)7-10(9)16-11(13)8-4-2-1-3-5-8/h1-5,9-10H,6-7H2/t9-,10-/m1/s1. The number of carbonyl (C=O) groups excluding carboxylic acids is 1. The molecule has 1 saturated heterocycles. The van der Waals surface area contributed by atoms with Crippen LogP contribution in [-0.2, 0) is 14.6 Å². The molecule has 1 aliphatic rings. The molecule has 0 unspecified atom stereocenters. The van der Waals surface area contributed by atoms with Crippen LogP contribution in [0.4, 0.5) is 0 Å². The van der Waals surface area contributed by atoms with E-state index >= 15 is 0 Å². The molecular weight excluding hydrogens is 308 g/mol. The predicted octanol–water partition coefficient (Wildman–Crippen LogP) is 1.40. The van der Waals surface area contributed by atoms with Gasteiger partial charge in [-0.05, 0) is 12.1 Å². The van der Waals surface area contributed by atoms with Gasteiger partial charge < -0.3 is 4.74 Å². The second kappa shape index (κ2) is 4.78. The highest BCUT2D eigenvalue weighted by Crippen LogP contribution is 2.23. The predicted molar refractivity (Wildman–Crippen MR) is 67.0 cm³/mol. The van der Waals surface area contributed by atoms with E-state index in [0.717, 1.165) is 0 Å². The molecule has 1 aromatic carbocycles. The molecular formula is C11H11BrO4S. The molecule has 0 saturated carbocycles. The molecule has 0 spiro atoms. The Morgan fingerprint density at radius 3 is 2.41 bits per heavy atom. The summed E-state index contributed by atoms with van der Waals surface area (Å²) in [6, 6.07) is 8.52. The zero-order chi connectivity index (χ0) is 12.5. The Morgan fingerprint density at radius 2 is 1.88 bits per heavy atom. The van der Waals surface area contributed by atoms with Crippen molar-refractivity contribution in [1.82, 2.24) is 0 Å². The van der Waals surface area contributed by atoms with Crippen LogP contribution in [0.1, 0.15) is 10.4 Å². The minimum atomic E-state index is -3.10. The monoisotopic (exact) mass is 318 g/mol. The van der Waals surface area contributed by atoms with Gasteiger partial charge in [0.25, 0.3) is 0 Å². The minimum Gasteiger partial charge on any atom is -0.456 e. The maximum absolute atomic E-state index is 11.7. The van der Waals surface area contributed by atoms with Crippen molar-refractivity contribution < 1.29 is 17.9 Å². The molecule has 92 valence electrons. The SMILES string of the molecule is O=C(O[C@@H]1CS(=O)(=O)C[C@H]1Br)c1ccccc1. The van der Waals surface area contributed by atoms with Gasteiger partial charge in [-0.15, -0.1) is 0 Å². The van der Waals surface area contributed by atoms with Crippen LogP contribution in [0.5, 0.6) is 0 Å². The van der Waals surface area contributed by atoms with Crippen LogP contribution in [0.15, 0.2) is 30.3 Å². The molecule has 0 amide bonds. The number of ether oxygens (including phenoxy) is 1. The van der Waals surface area contributed by atoms with Crippen molar-refractivity contribution in [3.63, 3.8) is 0 Å². The minimum absolute atomic E-state index is 0.0136. The fourth-order valence-corrected chi connectivity index (χ4v) is 5.05. The summed E-state index contributed by atoms with van der Waals surface area (Å²) in [6.07, 6.45) is -0.604. The Morgan fingerprint density at radius 1 is 1.24 bits per heavy atom. The summed E-state index contributed by atoms with van der Waals surface area (Å²) in [4.78, 5) is 11.4. The number of esters is 1. The van der Waals surface area contributed by atoms with Crippen LogP contribution in [0.3, 0.4) is 0 Å². The van der Waals surface area contributed by atoms with Gasteiger partial charge in [0.15, 0.2) is 9.84 Å². The summed E-state index contributed by atoms with van der Waals surface area (Å²) in [5, 5.41) is 0. The number of carbonyl (C=O) groups is 1. The average molecular weight is 319 g/mol. The largest absolute Gasteiger partial charge is 0.456 e. The van der Waals surface area contributed by atoms with Crippen molar-refractivity contribution in [3.8, 4) is 0 Å². The Kier molecular flexibility index (Phi) is 3.53. The zero-order valence-corrected chi connectivity index (χ0v) is 11.3. The zero-order valence-electron chi connectivity index (χ0n) is 8.87. The van der Waals surface area contributed by atoms with Crippen molar-refractivity contribution in [2.75, 3.05) is 11.5 Å². The molecule has 4 nitrogen and oxygen atoms in total. The van der Waals surface area contributed by atoms with E-state index in [9.17, 15) is 13.2 Å². The van der Waals surface area contributed by atoms with Gasteiger partial charge in [-0.25, -0.2) is 13.2 Å². The number of benzene rings is 1. The van der Waals surface area contributed by atoms with Crippen LogP contribution in [-0.4, -0.2) is 36.8 Å². The second-order valence-corrected chi connectivity index (χ2v) is 7.23. The average Bonchev–Trinajstić information content (AvgIpc) is 2.53. The Hall–Kier alpha value is -0.880. The summed E-state index contributed by atoms with van der Waals surface area (Å²) in [5.74, 6) is -0.585. The van der Waals surface area contributed by atoms with Crippen molar-refractivity contribution in [2.45, 2.75) is 10.9 Å². The number of halogens is 1. The van der Waals surface area contributed by atoms with Gasteiger partial charge in [-0.1, -0.05) is 34.1 Å². The van der Waals surface area contributed by atoms with Crippen molar-refractivity contribution in [1.29, 1.82) is 0 Å². The lowest BCUT2D eigenvalue weighted by Crippen LogP contribution is -2.25. The van der Waals surface area contributed by atoms with Crippen LogP contribution >= 0.6 is 15.9 Å². The fourth-order valence-electron chi connectivity index (χ4n) is 1.66. The van der Waals surface area contributed by atoms with E-state index < -0.39 is 21.9 Å². The van der Waals surface area contributed by atoms with E-state index in [1.165, 1.54) is 0 Å². The first-order chi connectivity index (χ1) is 7.98. The van der Waals surface area contributed by atoms with Gasteiger partial charge in [0.2, 0.25) is 0 Å². The van der Waals surface area contributed by atoms with Gasteiger partial charge in [0, 0.05) is 0 Å². The van der Waals surface area contributed by atoms with E-state index in [-0.39, 0.29) is 16.3 Å². The summed E-state index contributed by atoms with van der Waals surface area (Å²) in [7, 11) is -3.10. The number of alkyl halides is 1. The Labute approximate surface area is 108 Å². The molecule has 1 aromatic rings. The summed E-state index contributed by atoms with van der Waals surface area (Å²) >= 11 is 3.22. The first kappa shape index (κ1) is 12.6. The summed E-state index contributed by atoms with van der Waals surface area (Å²) in [5.41, 5.74) is 0.427. The lowest BCUT2D eigenvalue weighted by molar-refractivity contribution is 0.0369. The lowest BCUT2D eigenvalue weighted by atomic mass is 10.2.